The highest BCUT2D eigenvalue weighted by Gasteiger charge is 2.28. The third-order valence-corrected chi connectivity index (χ3v) is 6.63. The van der Waals surface area contributed by atoms with Gasteiger partial charge in [-0.1, -0.05) is 26.0 Å². The Hall–Kier alpha value is -4.39. The maximum atomic E-state index is 12.8. The molecule has 13 heteroatoms. The molecular weight excluding hydrogens is 549 g/mol. The van der Waals surface area contributed by atoms with Gasteiger partial charge >= 0.3 is 12.2 Å². The number of likely N-dealkylation sites (N-methyl/N-ethyl adjacent to an activating group) is 1. The SMILES string of the molecule is CCN(CC)CCNC(=O)C(C)(C)N/C=C(\C=N)c1ccn2c(-c3cccc(NC(=O)NCC(F)(F)F)c3)cnc2c1. The molecule has 0 saturated carbocycles. The molecule has 42 heavy (non-hydrogen) atoms. The number of carbonyl (C=O) groups excluding carboxylic acids is 2. The van der Waals surface area contributed by atoms with Gasteiger partial charge in [0.2, 0.25) is 5.91 Å². The van der Waals surface area contributed by atoms with E-state index in [1.165, 1.54) is 6.21 Å². The van der Waals surface area contributed by atoms with E-state index >= 15 is 0 Å². The van der Waals surface area contributed by atoms with Crippen LogP contribution in [0.25, 0.3) is 22.5 Å². The van der Waals surface area contributed by atoms with Crippen molar-refractivity contribution in [2.75, 3.05) is 38.0 Å². The Morgan fingerprint density at radius 1 is 1.10 bits per heavy atom. The molecule has 0 radical (unpaired) electrons. The van der Waals surface area contributed by atoms with E-state index in [1.807, 2.05) is 4.40 Å². The van der Waals surface area contributed by atoms with Crippen LogP contribution in [0.3, 0.4) is 0 Å². The van der Waals surface area contributed by atoms with Crippen molar-refractivity contribution in [3.8, 4) is 11.3 Å². The molecule has 5 N–H and O–H groups in total. The fourth-order valence-electron chi connectivity index (χ4n) is 4.11. The van der Waals surface area contributed by atoms with E-state index < -0.39 is 24.3 Å². The lowest BCUT2D eigenvalue weighted by molar-refractivity contribution is -0.126. The molecule has 1 aromatic carbocycles. The zero-order chi connectivity index (χ0) is 30.9. The molecule has 0 saturated heterocycles. The van der Waals surface area contributed by atoms with Crippen LogP contribution in [-0.2, 0) is 4.79 Å². The van der Waals surface area contributed by atoms with Crippen molar-refractivity contribution in [3.05, 3.63) is 60.6 Å². The first-order valence-corrected chi connectivity index (χ1v) is 13.6. The summed E-state index contributed by atoms with van der Waals surface area (Å²) >= 11 is 0. The first-order valence-electron chi connectivity index (χ1n) is 13.6. The second-order valence-corrected chi connectivity index (χ2v) is 10.1. The van der Waals surface area contributed by atoms with Gasteiger partial charge in [-0.15, -0.1) is 0 Å². The standard InChI is InChI=1S/C29H37F3N8O2/c1-5-39(6-2)13-11-34-26(41)28(3,4)37-17-22(16-33)20-10-12-40-24(18-35-25(40)15-20)21-8-7-9-23(14-21)38-27(42)36-19-29(30,31)32/h7-10,12,14-18,33,37H,5-6,11,13,19H2,1-4H3,(H,34,41)(H2,36,38,42)/b22-17+,33-16?. The predicted molar refractivity (Wildman–Crippen MR) is 158 cm³/mol. The second kappa shape index (κ2) is 14.0. The minimum atomic E-state index is -4.51. The predicted octanol–water partition coefficient (Wildman–Crippen LogP) is 4.50. The van der Waals surface area contributed by atoms with Crippen molar-refractivity contribution in [1.82, 2.24) is 30.2 Å². The van der Waals surface area contributed by atoms with Gasteiger partial charge in [-0.3, -0.25) is 9.20 Å². The fourth-order valence-corrected chi connectivity index (χ4v) is 4.11. The van der Waals surface area contributed by atoms with Crippen LogP contribution >= 0.6 is 0 Å². The van der Waals surface area contributed by atoms with Crippen LogP contribution in [-0.4, -0.2) is 76.9 Å². The molecule has 0 unspecified atom stereocenters. The summed E-state index contributed by atoms with van der Waals surface area (Å²) in [7, 11) is 0. The van der Waals surface area contributed by atoms with Crippen LogP contribution in [0.15, 0.2) is 55.0 Å². The summed E-state index contributed by atoms with van der Waals surface area (Å²) in [6, 6.07) is 9.30. The summed E-state index contributed by atoms with van der Waals surface area (Å²) in [5.74, 6) is -0.154. The quantitative estimate of drug-likeness (QED) is 0.189. The van der Waals surface area contributed by atoms with Gasteiger partial charge in [0.1, 0.15) is 17.7 Å². The Balaban J connectivity index is 1.72. The number of imidazole rings is 1. The number of benzene rings is 1. The Kier molecular flexibility index (Phi) is 10.7. The zero-order valence-corrected chi connectivity index (χ0v) is 24.1. The third-order valence-electron chi connectivity index (χ3n) is 6.63. The van der Waals surface area contributed by atoms with Crippen LogP contribution in [0, 0.1) is 5.41 Å². The molecule has 0 fully saturated rings. The van der Waals surface area contributed by atoms with E-state index in [0.29, 0.717) is 40.3 Å². The van der Waals surface area contributed by atoms with E-state index in [0.717, 1.165) is 19.6 Å². The monoisotopic (exact) mass is 586 g/mol. The van der Waals surface area contributed by atoms with Gasteiger partial charge in [0.15, 0.2) is 0 Å². The number of aromatic nitrogens is 2. The number of amides is 3. The number of nitrogens with zero attached hydrogens (tertiary/aromatic N) is 3. The first kappa shape index (κ1) is 32.1. The Bertz CT molecular complexity index is 1430. The maximum absolute atomic E-state index is 12.8. The lowest BCUT2D eigenvalue weighted by Gasteiger charge is -2.26. The van der Waals surface area contributed by atoms with Crippen molar-refractivity contribution in [3.63, 3.8) is 0 Å². The number of halogens is 3. The molecule has 2 heterocycles. The smallest absolute Gasteiger partial charge is 0.377 e. The molecule has 3 rings (SSSR count). The van der Waals surface area contributed by atoms with Gasteiger partial charge in [0, 0.05) is 48.5 Å². The van der Waals surface area contributed by atoms with E-state index in [4.69, 9.17) is 5.41 Å². The van der Waals surface area contributed by atoms with Crippen LogP contribution < -0.4 is 21.3 Å². The van der Waals surface area contributed by atoms with Crippen LogP contribution in [0.1, 0.15) is 33.3 Å². The summed E-state index contributed by atoms with van der Waals surface area (Å²) in [6.45, 7) is 9.39. The molecular formula is C29H37F3N8O2. The number of hydrogen-bond acceptors (Lipinski definition) is 6. The van der Waals surface area contributed by atoms with E-state index in [2.05, 4.69) is 39.7 Å². The highest BCUT2D eigenvalue weighted by atomic mass is 19.4. The summed E-state index contributed by atoms with van der Waals surface area (Å²) in [4.78, 5) is 31.3. The highest BCUT2D eigenvalue weighted by Crippen LogP contribution is 2.25. The van der Waals surface area contributed by atoms with E-state index in [1.54, 1.807) is 74.2 Å². The van der Waals surface area contributed by atoms with Crippen molar-refractivity contribution in [2.24, 2.45) is 0 Å². The van der Waals surface area contributed by atoms with Crippen LogP contribution in [0.2, 0.25) is 0 Å². The molecule has 0 aliphatic carbocycles. The number of urea groups is 1. The van der Waals surface area contributed by atoms with Crippen molar-refractivity contribution < 1.29 is 22.8 Å². The van der Waals surface area contributed by atoms with Gasteiger partial charge < -0.3 is 31.6 Å². The summed E-state index contributed by atoms with van der Waals surface area (Å²) in [6.07, 6.45) is 1.74. The van der Waals surface area contributed by atoms with Crippen LogP contribution in [0.4, 0.5) is 23.7 Å². The number of allylic oxidation sites excluding steroid dienone is 1. The van der Waals surface area contributed by atoms with Crippen molar-refractivity contribution in [2.45, 2.75) is 39.4 Å². The summed E-state index contributed by atoms with van der Waals surface area (Å²) < 4.78 is 38.9. The largest absolute Gasteiger partial charge is 0.405 e. The van der Waals surface area contributed by atoms with Gasteiger partial charge in [0.25, 0.3) is 0 Å². The fraction of sp³-hybridized carbons (Fsp3) is 0.379. The maximum Gasteiger partial charge on any atom is 0.405 e. The van der Waals surface area contributed by atoms with Gasteiger partial charge in [0.05, 0.1) is 11.9 Å². The topological polar surface area (TPSA) is 127 Å². The normalized spacial score (nSPS) is 12.3. The average Bonchev–Trinajstić information content (AvgIpc) is 3.38. The molecule has 0 bridgehead atoms. The Morgan fingerprint density at radius 2 is 1.83 bits per heavy atom. The van der Waals surface area contributed by atoms with E-state index in [9.17, 15) is 22.8 Å². The minimum Gasteiger partial charge on any atom is -0.377 e. The number of anilines is 1. The summed E-state index contributed by atoms with van der Waals surface area (Å²) in [5, 5.41) is 18.2. The number of rotatable bonds is 13. The number of nitrogens with one attached hydrogen (secondary N) is 5. The molecule has 0 aliphatic rings. The molecule has 0 spiro atoms. The minimum absolute atomic E-state index is 0.154. The number of alkyl halides is 3. The van der Waals surface area contributed by atoms with Crippen molar-refractivity contribution >= 4 is 35.1 Å². The lowest BCUT2D eigenvalue weighted by Crippen LogP contribution is -2.52. The Morgan fingerprint density at radius 3 is 2.50 bits per heavy atom. The third kappa shape index (κ3) is 8.80. The molecule has 0 atom stereocenters. The van der Waals surface area contributed by atoms with Crippen LogP contribution in [0.5, 0.6) is 0 Å². The van der Waals surface area contributed by atoms with E-state index in [-0.39, 0.29) is 5.91 Å². The molecule has 0 aliphatic heterocycles. The number of pyridine rings is 1. The lowest BCUT2D eigenvalue weighted by atomic mass is 10.0. The number of hydrogen-bond donors (Lipinski definition) is 5. The van der Waals surface area contributed by atoms with Crippen molar-refractivity contribution in [1.29, 1.82) is 5.41 Å². The van der Waals surface area contributed by atoms with Gasteiger partial charge in [-0.2, -0.15) is 13.2 Å². The number of fused-ring (bicyclic) bond motifs is 1. The molecule has 3 amide bonds. The average molecular weight is 587 g/mol. The first-order chi connectivity index (χ1) is 19.9. The zero-order valence-electron chi connectivity index (χ0n) is 24.1. The van der Waals surface area contributed by atoms with Gasteiger partial charge in [-0.25, -0.2) is 9.78 Å². The number of carbonyl (C=O) groups is 2. The molecule has 3 aromatic rings. The highest BCUT2D eigenvalue weighted by molar-refractivity contribution is 6.08. The second-order valence-electron chi connectivity index (χ2n) is 10.1. The molecule has 226 valence electrons. The molecule has 10 nitrogen and oxygen atoms in total. The Labute approximate surface area is 242 Å². The van der Waals surface area contributed by atoms with Gasteiger partial charge in [-0.05, 0) is 56.8 Å². The summed E-state index contributed by atoms with van der Waals surface area (Å²) in [5.41, 5.74) is 2.62. The molecule has 2 aromatic heterocycles.